The molecule has 0 aliphatic carbocycles. The molecule has 1 aromatic carbocycles. The van der Waals surface area contributed by atoms with Crippen LogP contribution in [0.5, 0.6) is 0 Å². The standard InChI is InChI=1S/C9H5ClO3S/c10-9(11)7-1-2-8-6(5-7)3-4-14(8,12)13/h1-5H. The van der Waals surface area contributed by atoms with E-state index < -0.39 is 15.1 Å². The van der Waals surface area contributed by atoms with Crippen LogP contribution in [0.2, 0.25) is 0 Å². The van der Waals surface area contributed by atoms with Crippen molar-refractivity contribution in [2.24, 2.45) is 0 Å². The lowest BCUT2D eigenvalue weighted by Gasteiger charge is -1.99. The van der Waals surface area contributed by atoms with Gasteiger partial charge in [0.05, 0.1) is 4.90 Å². The number of benzene rings is 1. The maximum atomic E-state index is 11.3. The van der Waals surface area contributed by atoms with E-state index in [0.717, 1.165) is 5.41 Å². The molecule has 0 spiro atoms. The van der Waals surface area contributed by atoms with E-state index in [1.807, 2.05) is 0 Å². The Labute approximate surface area is 85.9 Å². The van der Waals surface area contributed by atoms with Crippen molar-refractivity contribution in [2.75, 3.05) is 0 Å². The maximum absolute atomic E-state index is 11.3. The molecule has 3 nitrogen and oxygen atoms in total. The molecular formula is C9H5ClO3S. The predicted octanol–water partition coefficient (Wildman–Crippen LogP) is 1.82. The van der Waals surface area contributed by atoms with Gasteiger partial charge in [-0.2, -0.15) is 0 Å². The van der Waals surface area contributed by atoms with E-state index in [1.165, 1.54) is 24.3 Å². The lowest BCUT2D eigenvalue weighted by atomic mass is 10.1. The van der Waals surface area contributed by atoms with Crippen LogP contribution in [-0.2, 0) is 9.84 Å². The molecule has 1 aliphatic heterocycles. The van der Waals surface area contributed by atoms with E-state index >= 15 is 0 Å². The SMILES string of the molecule is O=C(Cl)c1ccc2c(c1)C=CS2(=O)=O. The van der Waals surface area contributed by atoms with Crippen LogP contribution < -0.4 is 0 Å². The molecule has 0 saturated carbocycles. The Morgan fingerprint density at radius 1 is 1.29 bits per heavy atom. The first-order valence-corrected chi connectivity index (χ1v) is 5.70. The van der Waals surface area contributed by atoms with Crippen molar-refractivity contribution in [2.45, 2.75) is 4.90 Å². The fourth-order valence-corrected chi connectivity index (χ4v) is 2.60. The van der Waals surface area contributed by atoms with E-state index in [0.29, 0.717) is 11.1 Å². The lowest BCUT2D eigenvalue weighted by molar-refractivity contribution is 0.108. The summed E-state index contributed by atoms with van der Waals surface area (Å²) in [5, 5.41) is 0.519. The smallest absolute Gasteiger partial charge is 0.252 e. The zero-order valence-corrected chi connectivity index (χ0v) is 8.47. The first-order chi connectivity index (χ1) is 6.50. The van der Waals surface area contributed by atoms with Gasteiger partial charge in [0.25, 0.3) is 5.24 Å². The summed E-state index contributed by atoms with van der Waals surface area (Å²) in [4.78, 5) is 11.0. The van der Waals surface area contributed by atoms with Crippen LogP contribution in [0.1, 0.15) is 15.9 Å². The highest BCUT2D eigenvalue weighted by atomic mass is 35.5. The summed E-state index contributed by atoms with van der Waals surface area (Å²) >= 11 is 5.26. The molecule has 0 aromatic heterocycles. The zero-order chi connectivity index (χ0) is 10.3. The van der Waals surface area contributed by atoms with Gasteiger partial charge in [-0.15, -0.1) is 0 Å². The molecule has 0 radical (unpaired) electrons. The summed E-state index contributed by atoms with van der Waals surface area (Å²) in [7, 11) is -3.28. The first-order valence-electron chi connectivity index (χ1n) is 3.78. The fourth-order valence-electron chi connectivity index (χ4n) is 1.30. The van der Waals surface area contributed by atoms with E-state index in [-0.39, 0.29) is 4.90 Å². The molecule has 0 atom stereocenters. The monoisotopic (exact) mass is 228 g/mol. The van der Waals surface area contributed by atoms with Gasteiger partial charge in [0.1, 0.15) is 0 Å². The average Bonchev–Trinajstić information content (AvgIpc) is 2.42. The molecule has 2 rings (SSSR count). The summed E-state index contributed by atoms with van der Waals surface area (Å²) in [5.74, 6) is 0. The van der Waals surface area contributed by atoms with Crippen molar-refractivity contribution >= 4 is 32.8 Å². The van der Waals surface area contributed by atoms with Gasteiger partial charge in [-0.3, -0.25) is 4.79 Å². The van der Waals surface area contributed by atoms with Gasteiger partial charge in [-0.1, -0.05) is 0 Å². The number of rotatable bonds is 1. The van der Waals surface area contributed by atoms with E-state index in [2.05, 4.69) is 0 Å². The Morgan fingerprint density at radius 2 is 2.00 bits per heavy atom. The third-order valence-corrected chi connectivity index (χ3v) is 3.67. The van der Waals surface area contributed by atoms with Crippen molar-refractivity contribution in [3.8, 4) is 0 Å². The minimum absolute atomic E-state index is 0.221. The summed E-state index contributed by atoms with van der Waals surface area (Å²) in [5.41, 5.74) is 0.809. The second-order valence-corrected chi connectivity index (χ2v) is 5.02. The Balaban J connectivity index is 2.66. The highest BCUT2D eigenvalue weighted by molar-refractivity contribution is 7.94. The number of sulfone groups is 1. The van der Waals surface area contributed by atoms with Crippen LogP contribution in [0.15, 0.2) is 28.5 Å². The van der Waals surface area contributed by atoms with Crippen molar-refractivity contribution < 1.29 is 13.2 Å². The third-order valence-electron chi connectivity index (χ3n) is 1.97. The molecule has 5 heteroatoms. The van der Waals surface area contributed by atoms with Gasteiger partial charge in [-0.05, 0) is 41.4 Å². The van der Waals surface area contributed by atoms with Crippen molar-refractivity contribution in [1.82, 2.24) is 0 Å². The summed E-state index contributed by atoms with van der Waals surface area (Å²) in [6, 6.07) is 4.25. The zero-order valence-electron chi connectivity index (χ0n) is 6.90. The van der Waals surface area contributed by atoms with Crippen LogP contribution in [0, 0.1) is 0 Å². The summed E-state index contributed by atoms with van der Waals surface area (Å²) in [6.45, 7) is 0. The molecule has 1 heterocycles. The first kappa shape index (κ1) is 9.43. The third kappa shape index (κ3) is 1.36. The Kier molecular flexibility index (Phi) is 1.97. The van der Waals surface area contributed by atoms with E-state index in [9.17, 15) is 13.2 Å². The highest BCUT2D eigenvalue weighted by Gasteiger charge is 2.21. The summed E-state index contributed by atoms with van der Waals surface area (Å²) < 4.78 is 22.7. The Morgan fingerprint density at radius 3 is 2.64 bits per heavy atom. The number of carbonyl (C=O) groups excluding carboxylic acids is 1. The van der Waals surface area contributed by atoms with E-state index in [4.69, 9.17) is 11.6 Å². The van der Waals surface area contributed by atoms with Gasteiger partial charge in [0.2, 0.25) is 0 Å². The molecule has 72 valence electrons. The second-order valence-electron chi connectivity index (χ2n) is 2.87. The maximum Gasteiger partial charge on any atom is 0.252 e. The molecular weight excluding hydrogens is 224 g/mol. The van der Waals surface area contributed by atoms with Crippen LogP contribution >= 0.6 is 11.6 Å². The average molecular weight is 229 g/mol. The van der Waals surface area contributed by atoms with Gasteiger partial charge in [0.15, 0.2) is 9.84 Å². The van der Waals surface area contributed by atoms with Crippen molar-refractivity contribution in [1.29, 1.82) is 0 Å². The van der Waals surface area contributed by atoms with Crippen LogP contribution in [-0.4, -0.2) is 13.7 Å². The molecule has 0 amide bonds. The second kappa shape index (κ2) is 2.93. The van der Waals surface area contributed by atoms with Gasteiger partial charge < -0.3 is 0 Å². The molecule has 14 heavy (non-hydrogen) atoms. The fraction of sp³-hybridized carbons (Fsp3) is 0. The Bertz CT molecular complexity index is 543. The van der Waals surface area contributed by atoms with Gasteiger partial charge in [0, 0.05) is 11.0 Å². The normalized spacial score (nSPS) is 16.6. The molecule has 1 aliphatic rings. The van der Waals surface area contributed by atoms with E-state index in [1.54, 1.807) is 0 Å². The van der Waals surface area contributed by atoms with Gasteiger partial charge in [-0.25, -0.2) is 8.42 Å². The van der Waals surface area contributed by atoms with Crippen molar-refractivity contribution in [3.63, 3.8) is 0 Å². The minimum Gasteiger partial charge on any atom is -0.276 e. The van der Waals surface area contributed by atoms with Crippen LogP contribution in [0.4, 0.5) is 0 Å². The van der Waals surface area contributed by atoms with Crippen molar-refractivity contribution in [3.05, 3.63) is 34.7 Å². The largest absolute Gasteiger partial charge is 0.276 e. The number of fused-ring (bicyclic) bond motifs is 1. The van der Waals surface area contributed by atoms with Crippen LogP contribution in [0.25, 0.3) is 6.08 Å². The molecule has 0 bridgehead atoms. The number of hydrogen-bond acceptors (Lipinski definition) is 3. The minimum atomic E-state index is -3.28. The molecule has 0 saturated heterocycles. The number of halogens is 1. The Hall–Kier alpha value is -1.13. The predicted molar refractivity (Wildman–Crippen MR) is 52.8 cm³/mol. The van der Waals surface area contributed by atoms with Crippen LogP contribution in [0.3, 0.4) is 0 Å². The quantitative estimate of drug-likeness (QED) is 0.689. The molecule has 0 fully saturated rings. The topological polar surface area (TPSA) is 51.2 Å². The molecule has 1 aromatic rings. The number of carbonyl (C=O) groups is 1. The number of hydrogen-bond donors (Lipinski definition) is 0. The highest BCUT2D eigenvalue weighted by Crippen LogP contribution is 2.27. The molecule has 0 unspecified atom stereocenters. The van der Waals surface area contributed by atoms with Gasteiger partial charge >= 0.3 is 0 Å². The summed E-state index contributed by atoms with van der Waals surface area (Å²) in [6.07, 6.45) is 1.45. The molecule has 0 N–H and O–H groups in total. The lowest BCUT2D eigenvalue weighted by Crippen LogP contribution is -1.95.